The fourth-order valence-electron chi connectivity index (χ4n) is 2.92. The zero-order chi connectivity index (χ0) is 19.9. The van der Waals surface area contributed by atoms with Gasteiger partial charge in [-0.15, -0.1) is 0 Å². The summed E-state index contributed by atoms with van der Waals surface area (Å²) in [5, 5.41) is 9.96. The Morgan fingerprint density at radius 2 is 1.54 bits per heavy atom. The van der Waals surface area contributed by atoms with Crippen molar-refractivity contribution in [3.63, 3.8) is 0 Å². The van der Waals surface area contributed by atoms with Gasteiger partial charge in [0.25, 0.3) is 5.91 Å². The van der Waals surface area contributed by atoms with Gasteiger partial charge in [-0.05, 0) is 40.6 Å². The molecular weight excluding hydrogens is 354 g/mol. The van der Waals surface area contributed by atoms with Gasteiger partial charge in [-0.1, -0.05) is 42.5 Å². The third-order valence-electron chi connectivity index (χ3n) is 4.33. The molecule has 3 aromatic carbocycles. The van der Waals surface area contributed by atoms with Crippen molar-refractivity contribution >= 4 is 34.2 Å². The van der Waals surface area contributed by atoms with Crippen LogP contribution in [-0.2, 0) is 16.0 Å². The van der Waals surface area contributed by atoms with Gasteiger partial charge in [-0.3, -0.25) is 14.4 Å². The number of rotatable bonds is 6. The van der Waals surface area contributed by atoms with Crippen LogP contribution in [0.15, 0.2) is 66.7 Å². The molecule has 0 aliphatic heterocycles. The first-order chi connectivity index (χ1) is 13.6. The number of benzene rings is 3. The van der Waals surface area contributed by atoms with Gasteiger partial charge in [0.05, 0.1) is 13.0 Å². The summed E-state index contributed by atoms with van der Waals surface area (Å²) >= 11 is 0. The van der Waals surface area contributed by atoms with Crippen LogP contribution in [-0.4, -0.2) is 31.3 Å². The average Bonchev–Trinajstić information content (AvgIpc) is 2.72. The van der Waals surface area contributed by atoms with Crippen molar-refractivity contribution in [2.45, 2.75) is 6.42 Å². The summed E-state index contributed by atoms with van der Waals surface area (Å²) in [5.74, 6) is -0.751. The topological polar surface area (TPSA) is 87.3 Å². The molecule has 0 bridgehead atoms. The van der Waals surface area contributed by atoms with E-state index in [2.05, 4.69) is 16.0 Å². The van der Waals surface area contributed by atoms with Crippen LogP contribution in [0.5, 0.6) is 0 Å². The van der Waals surface area contributed by atoms with Gasteiger partial charge >= 0.3 is 0 Å². The van der Waals surface area contributed by atoms with Gasteiger partial charge in [0.15, 0.2) is 0 Å². The minimum atomic E-state index is -0.334. The zero-order valence-electron chi connectivity index (χ0n) is 15.5. The number of fused-ring (bicyclic) bond motifs is 1. The number of hydrogen-bond acceptors (Lipinski definition) is 3. The second-order valence-corrected chi connectivity index (χ2v) is 6.30. The molecule has 0 atom stereocenters. The Morgan fingerprint density at radius 3 is 2.29 bits per heavy atom. The van der Waals surface area contributed by atoms with Gasteiger partial charge < -0.3 is 16.0 Å². The molecule has 0 saturated heterocycles. The monoisotopic (exact) mass is 375 g/mol. The molecular formula is C22H21N3O3. The van der Waals surface area contributed by atoms with Crippen LogP contribution >= 0.6 is 0 Å². The maximum absolute atomic E-state index is 12.2. The van der Waals surface area contributed by atoms with E-state index in [0.717, 1.165) is 16.3 Å². The Morgan fingerprint density at radius 1 is 0.821 bits per heavy atom. The fourth-order valence-corrected chi connectivity index (χ4v) is 2.92. The van der Waals surface area contributed by atoms with E-state index < -0.39 is 0 Å². The molecule has 0 aliphatic carbocycles. The van der Waals surface area contributed by atoms with Crippen LogP contribution in [0, 0.1) is 0 Å². The lowest BCUT2D eigenvalue weighted by atomic mass is 10.0. The van der Waals surface area contributed by atoms with Crippen molar-refractivity contribution in [3.8, 4) is 0 Å². The van der Waals surface area contributed by atoms with E-state index in [0.29, 0.717) is 11.3 Å². The van der Waals surface area contributed by atoms with E-state index in [-0.39, 0.29) is 30.7 Å². The standard InChI is InChI=1S/C22H21N3O3/c1-23-22(28)16-9-11-18(12-10-16)25-21(27)14-24-20(26)13-17-7-4-6-15-5-2-3-8-19(15)17/h2-12H,13-14H2,1H3,(H,23,28)(H,24,26)(H,25,27). The first kappa shape index (κ1) is 19.1. The first-order valence-electron chi connectivity index (χ1n) is 8.92. The summed E-state index contributed by atoms with van der Waals surface area (Å²) in [4.78, 5) is 35.8. The smallest absolute Gasteiger partial charge is 0.251 e. The average molecular weight is 375 g/mol. The fraction of sp³-hybridized carbons (Fsp3) is 0.136. The minimum absolute atomic E-state index is 0.124. The molecule has 3 amide bonds. The molecule has 28 heavy (non-hydrogen) atoms. The van der Waals surface area contributed by atoms with E-state index in [1.54, 1.807) is 31.3 Å². The minimum Gasteiger partial charge on any atom is -0.355 e. The summed E-state index contributed by atoms with van der Waals surface area (Å²) in [5.41, 5.74) is 1.98. The van der Waals surface area contributed by atoms with E-state index in [9.17, 15) is 14.4 Å². The van der Waals surface area contributed by atoms with Crippen molar-refractivity contribution in [1.82, 2.24) is 10.6 Å². The molecule has 6 heteroatoms. The molecule has 0 saturated carbocycles. The molecule has 3 N–H and O–H groups in total. The second kappa shape index (κ2) is 8.81. The molecule has 0 unspecified atom stereocenters. The summed E-state index contributed by atoms with van der Waals surface area (Å²) in [7, 11) is 1.55. The highest BCUT2D eigenvalue weighted by atomic mass is 16.2. The molecule has 0 spiro atoms. The van der Waals surface area contributed by atoms with Gasteiger partial charge in [0, 0.05) is 18.3 Å². The predicted octanol–water partition coefficient (Wildman–Crippen LogP) is 2.50. The lowest BCUT2D eigenvalue weighted by molar-refractivity contribution is -0.123. The summed E-state index contributed by atoms with van der Waals surface area (Å²) in [6.07, 6.45) is 0.204. The zero-order valence-corrected chi connectivity index (χ0v) is 15.5. The number of carbonyl (C=O) groups excluding carboxylic acids is 3. The van der Waals surface area contributed by atoms with Gasteiger partial charge in [0.2, 0.25) is 11.8 Å². The molecule has 0 heterocycles. The predicted molar refractivity (Wildman–Crippen MR) is 109 cm³/mol. The third-order valence-corrected chi connectivity index (χ3v) is 4.33. The van der Waals surface area contributed by atoms with Crippen molar-refractivity contribution in [2.24, 2.45) is 0 Å². The Balaban J connectivity index is 1.53. The third kappa shape index (κ3) is 4.73. The second-order valence-electron chi connectivity index (χ2n) is 6.30. The van der Waals surface area contributed by atoms with Crippen molar-refractivity contribution in [2.75, 3.05) is 18.9 Å². The molecule has 0 fully saturated rings. The molecule has 3 rings (SSSR count). The number of carbonyl (C=O) groups is 3. The molecule has 0 aliphatic rings. The first-order valence-corrected chi connectivity index (χ1v) is 8.92. The van der Waals surface area contributed by atoms with Crippen LogP contribution in [0.4, 0.5) is 5.69 Å². The molecule has 3 aromatic rings. The highest BCUT2D eigenvalue weighted by molar-refractivity contribution is 5.97. The lowest BCUT2D eigenvalue weighted by Crippen LogP contribution is -2.33. The molecule has 142 valence electrons. The van der Waals surface area contributed by atoms with E-state index in [1.165, 1.54) is 0 Å². The highest BCUT2D eigenvalue weighted by Crippen LogP contribution is 2.18. The van der Waals surface area contributed by atoms with E-state index in [4.69, 9.17) is 0 Å². The van der Waals surface area contributed by atoms with Crippen LogP contribution in [0.3, 0.4) is 0 Å². The summed E-state index contributed by atoms with van der Waals surface area (Å²) in [6.45, 7) is -0.124. The number of amides is 3. The largest absolute Gasteiger partial charge is 0.355 e. The summed E-state index contributed by atoms with van der Waals surface area (Å²) < 4.78 is 0. The van der Waals surface area contributed by atoms with Crippen molar-refractivity contribution < 1.29 is 14.4 Å². The quantitative estimate of drug-likeness (QED) is 0.619. The molecule has 6 nitrogen and oxygen atoms in total. The number of anilines is 1. The Hall–Kier alpha value is -3.67. The SMILES string of the molecule is CNC(=O)c1ccc(NC(=O)CNC(=O)Cc2cccc3ccccc23)cc1. The summed E-state index contributed by atoms with van der Waals surface area (Å²) in [6, 6.07) is 20.2. The maximum atomic E-state index is 12.2. The normalized spacial score (nSPS) is 10.3. The van der Waals surface area contributed by atoms with E-state index in [1.807, 2.05) is 42.5 Å². The van der Waals surface area contributed by atoms with Gasteiger partial charge in [-0.2, -0.15) is 0 Å². The van der Waals surface area contributed by atoms with Crippen LogP contribution < -0.4 is 16.0 Å². The van der Waals surface area contributed by atoms with E-state index >= 15 is 0 Å². The van der Waals surface area contributed by atoms with Crippen molar-refractivity contribution in [3.05, 3.63) is 77.9 Å². The number of nitrogens with one attached hydrogen (secondary N) is 3. The van der Waals surface area contributed by atoms with Crippen LogP contribution in [0.25, 0.3) is 10.8 Å². The number of hydrogen-bond donors (Lipinski definition) is 3. The van der Waals surface area contributed by atoms with Gasteiger partial charge in [0.1, 0.15) is 0 Å². The highest BCUT2D eigenvalue weighted by Gasteiger charge is 2.09. The maximum Gasteiger partial charge on any atom is 0.251 e. The van der Waals surface area contributed by atoms with Crippen molar-refractivity contribution in [1.29, 1.82) is 0 Å². The Kier molecular flexibility index (Phi) is 6.01. The Bertz CT molecular complexity index is 1010. The lowest BCUT2D eigenvalue weighted by Gasteiger charge is -2.09. The van der Waals surface area contributed by atoms with Crippen LogP contribution in [0.2, 0.25) is 0 Å². The van der Waals surface area contributed by atoms with Crippen LogP contribution in [0.1, 0.15) is 15.9 Å². The molecule has 0 aromatic heterocycles. The Labute approximate surface area is 162 Å². The van der Waals surface area contributed by atoms with Gasteiger partial charge in [-0.25, -0.2) is 0 Å². The molecule has 0 radical (unpaired) electrons.